The highest BCUT2D eigenvalue weighted by Crippen LogP contribution is 2.23. The number of carbonyl (C=O) groups is 2. The number of hydrogen-bond acceptors (Lipinski definition) is 4. The fraction of sp³-hybridized carbons (Fsp3) is 0.375. The summed E-state index contributed by atoms with van der Waals surface area (Å²) in [6, 6.07) is 7.03. The Morgan fingerprint density at radius 3 is 2.59 bits per heavy atom. The average Bonchev–Trinajstić information content (AvgIpc) is 3.08. The van der Waals surface area contributed by atoms with Crippen LogP contribution in [0.3, 0.4) is 0 Å². The van der Waals surface area contributed by atoms with E-state index in [0.29, 0.717) is 0 Å². The summed E-state index contributed by atoms with van der Waals surface area (Å²) in [7, 11) is 0. The van der Waals surface area contributed by atoms with E-state index in [9.17, 15) is 9.59 Å². The minimum absolute atomic E-state index is 0.131. The van der Waals surface area contributed by atoms with Crippen molar-refractivity contribution >= 4 is 23.2 Å². The Bertz CT molecular complexity index is 634. The van der Waals surface area contributed by atoms with Crippen LogP contribution in [0.25, 0.3) is 0 Å². The van der Waals surface area contributed by atoms with E-state index in [0.717, 1.165) is 16.4 Å². The van der Waals surface area contributed by atoms with E-state index >= 15 is 0 Å². The van der Waals surface area contributed by atoms with Crippen LogP contribution in [0.1, 0.15) is 48.7 Å². The van der Waals surface area contributed by atoms with Crippen molar-refractivity contribution in [1.29, 1.82) is 0 Å². The van der Waals surface area contributed by atoms with Crippen LogP contribution in [0, 0.1) is 6.92 Å². The van der Waals surface area contributed by atoms with Gasteiger partial charge in [0.1, 0.15) is 11.5 Å². The van der Waals surface area contributed by atoms with Crippen molar-refractivity contribution in [2.75, 3.05) is 0 Å². The van der Waals surface area contributed by atoms with Gasteiger partial charge in [0, 0.05) is 11.8 Å². The Balaban J connectivity index is 1.97. The standard InChI is InChI=1S/C16H20N2O3S/c1-10-6-7-14(21-10)11(2)17-16(20)9-13(18-12(3)19)15-5-4-8-22-15/h4-8,11,13H,9H2,1-3H3,(H,17,20)(H,18,19)/t11-,13+/m0/s1. The maximum atomic E-state index is 12.2. The molecule has 2 rings (SSSR count). The fourth-order valence-corrected chi connectivity index (χ4v) is 2.98. The van der Waals surface area contributed by atoms with Crippen molar-refractivity contribution in [2.24, 2.45) is 0 Å². The van der Waals surface area contributed by atoms with Gasteiger partial charge in [-0.3, -0.25) is 9.59 Å². The summed E-state index contributed by atoms with van der Waals surface area (Å²) in [6.07, 6.45) is 0.199. The molecule has 0 aliphatic rings. The molecule has 0 spiro atoms. The number of aryl methyl sites for hydroxylation is 1. The highest BCUT2D eigenvalue weighted by molar-refractivity contribution is 7.10. The minimum Gasteiger partial charge on any atom is -0.464 e. The van der Waals surface area contributed by atoms with Gasteiger partial charge in [0.25, 0.3) is 0 Å². The molecule has 0 fully saturated rings. The molecule has 0 aliphatic heterocycles. The molecule has 2 N–H and O–H groups in total. The van der Waals surface area contributed by atoms with Gasteiger partial charge in [-0.15, -0.1) is 11.3 Å². The van der Waals surface area contributed by atoms with Crippen LogP contribution >= 0.6 is 11.3 Å². The predicted octanol–water partition coefficient (Wildman–Crippen LogP) is 3.09. The summed E-state index contributed by atoms with van der Waals surface area (Å²) in [5.74, 6) is 1.25. The van der Waals surface area contributed by atoms with Crippen LogP contribution < -0.4 is 10.6 Å². The second-order valence-corrected chi connectivity index (χ2v) is 6.19. The topological polar surface area (TPSA) is 71.3 Å². The second kappa shape index (κ2) is 7.26. The zero-order chi connectivity index (χ0) is 16.1. The van der Waals surface area contributed by atoms with Crippen molar-refractivity contribution in [1.82, 2.24) is 10.6 Å². The molecule has 0 radical (unpaired) electrons. The fourth-order valence-electron chi connectivity index (χ4n) is 2.20. The first-order valence-electron chi connectivity index (χ1n) is 7.12. The van der Waals surface area contributed by atoms with Gasteiger partial charge in [-0.1, -0.05) is 6.07 Å². The van der Waals surface area contributed by atoms with E-state index < -0.39 is 0 Å². The van der Waals surface area contributed by atoms with Crippen LogP contribution in [-0.4, -0.2) is 11.8 Å². The maximum Gasteiger partial charge on any atom is 0.223 e. The van der Waals surface area contributed by atoms with Gasteiger partial charge in [0.15, 0.2) is 0 Å². The third-order valence-corrected chi connectivity index (χ3v) is 4.21. The second-order valence-electron chi connectivity index (χ2n) is 5.21. The lowest BCUT2D eigenvalue weighted by molar-refractivity contribution is -0.123. The van der Waals surface area contributed by atoms with Crippen LogP contribution in [0.5, 0.6) is 0 Å². The summed E-state index contributed by atoms with van der Waals surface area (Å²) in [4.78, 5) is 24.5. The normalized spacial score (nSPS) is 13.4. The Labute approximate surface area is 133 Å². The monoisotopic (exact) mass is 320 g/mol. The summed E-state index contributed by atoms with van der Waals surface area (Å²) < 4.78 is 5.51. The van der Waals surface area contributed by atoms with Gasteiger partial charge in [-0.05, 0) is 37.4 Å². The van der Waals surface area contributed by atoms with Crippen LogP contribution in [0.2, 0.25) is 0 Å². The van der Waals surface area contributed by atoms with Gasteiger partial charge in [0.05, 0.1) is 18.5 Å². The summed E-state index contributed by atoms with van der Waals surface area (Å²) >= 11 is 1.52. The maximum absolute atomic E-state index is 12.2. The van der Waals surface area contributed by atoms with E-state index in [-0.39, 0.29) is 30.3 Å². The van der Waals surface area contributed by atoms with Crippen molar-refractivity contribution in [3.05, 3.63) is 46.0 Å². The molecule has 2 heterocycles. The lowest BCUT2D eigenvalue weighted by Gasteiger charge is -2.18. The largest absolute Gasteiger partial charge is 0.464 e. The van der Waals surface area contributed by atoms with Crippen molar-refractivity contribution in [3.63, 3.8) is 0 Å². The van der Waals surface area contributed by atoms with Crippen molar-refractivity contribution < 1.29 is 14.0 Å². The zero-order valence-corrected chi connectivity index (χ0v) is 13.7. The number of rotatable bonds is 6. The summed E-state index contributed by atoms with van der Waals surface area (Å²) in [5.41, 5.74) is 0. The molecule has 2 atom stereocenters. The van der Waals surface area contributed by atoms with E-state index in [4.69, 9.17) is 4.42 Å². The van der Waals surface area contributed by atoms with E-state index in [2.05, 4.69) is 10.6 Å². The van der Waals surface area contributed by atoms with Gasteiger partial charge < -0.3 is 15.1 Å². The van der Waals surface area contributed by atoms with E-state index in [1.165, 1.54) is 18.3 Å². The van der Waals surface area contributed by atoms with Gasteiger partial charge >= 0.3 is 0 Å². The number of amides is 2. The molecule has 0 saturated heterocycles. The first kappa shape index (κ1) is 16.3. The Morgan fingerprint density at radius 2 is 2.05 bits per heavy atom. The number of thiophene rings is 1. The van der Waals surface area contributed by atoms with E-state index in [1.54, 1.807) is 0 Å². The molecule has 22 heavy (non-hydrogen) atoms. The SMILES string of the molecule is CC(=O)N[C@H](CC(=O)N[C@@H](C)c1ccc(C)o1)c1cccs1. The number of carbonyl (C=O) groups excluding carboxylic acids is 2. The first-order chi connectivity index (χ1) is 10.5. The molecule has 5 nitrogen and oxygen atoms in total. The number of furan rings is 1. The van der Waals surface area contributed by atoms with E-state index in [1.807, 2.05) is 43.5 Å². The molecule has 118 valence electrons. The van der Waals surface area contributed by atoms with Crippen molar-refractivity contribution in [3.8, 4) is 0 Å². The Hall–Kier alpha value is -2.08. The van der Waals surface area contributed by atoms with Gasteiger partial charge in [0.2, 0.25) is 11.8 Å². The van der Waals surface area contributed by atoms with Crippen LogP contribution in [0.4, 0.5) is 0 Å². The predicted molar refractivity (Wildman–Crippen MR) is 85.5 cm³/mol. The molecule has 2 amide bonds. The third-order valence-electron chi connectivity index (χ3n) is 3.22. The molecule has 6 heteroatoms. The van der Waals surface area contributed by atoms with Gasteiger partial charge in [-0.25, -0.2) is 0 Å². The first-order valence-corrected chi connectivity index (χ1v) is 8.00. The zero-order valence-electron chi connectivity index (χ0n) is 12.9. The molecule has 0 unspecified atom stereocenters. The molecule has 0 aliphatic carbocycles. The van der Waals surface area contributed by atoms with Crippen molar-refractivity contribution in [2.45, 2.75) is 39.3 Å². The molecule has 0 saturated carbocycles. The summed E-state index contributed by atoms with van der Waals surface area (Å²) in [6.45, 7) is 5.18. The molecule has 2 aromatic rings. The number of nitrogens with one attached hydrogen (secondary N) is 2. The Morgan fingerprint density at radius 1 is 1.27 bits per heavy atom. The van der Waals surface area contributed by atoms with Crippen LogP contribution in [-0.2, 0) is 9.59 Å². The molecule has 0 aromatic carbocycles. The smallest absolute Gasteiger partial charge is 0.223 e. The molecular formula is C16H20N2O3S. The lowest BCUT2D eigenvalue weighted by atomic mass is 10.1. The third kappa shape index (κ3) is 4.46. The minimum atomic E-state index is -0.303. The quantitative estimate of drug-likeness (QED) is 0.859. The highest BCUT2D eigenvalue weighted by Gasteiger charge is 2.20. The summed E-state index contributed by atoms with van der Waals surface area (Å²) in [5, 5.41) is 7.64. The van der Waals surface area contributed by atoms with Crippen LogP contribution in [0.15, 0.2) is 34.1 Å². The highest BCUT2D eigenvalue weighted by atomic mass is 32.1. The van der Waals surface area contributed by atoms with Gasteiger partial charge in [-0.2, -0.15) is 0 Å². The molecular weight excluding hydrogens is 300 g/mol. The molecule has 0 bridgehead atoms. The molecule has 2 aromatic heterocycles. The Kier molecular flexibility index (Phi) is 5.38. The lowest BCUT2D eigenvalue weighted by Crippen LogP contribution is -2.33. The number of hydrogen-bond donors (Lipinski definition) is 2. The average molecular weight is 320 g/mol.